The molecule has 1 aliphatic heterocycles. The molecule has 220 valence electrons. The lowest BCUT2D eigenvalue weighted by Gasteiger charge is -2.27. The second-order valence-corrected chi connectivity index (χ2v) is 12.1. The lowest BCUT2D eigenvalue weighted by Crippen LogP contribution is -2.47. The van der Waals surface area contributed by atoms with Crippen molar-refractivity contribution in [2.75, 3.05) is 39.4 Å². The van der Waals surface area contributed by atoms with E-state index in [2.05, 4.69) is 10.2 Å². The van der Waals surface area contributed by atoms with Crippen LogP contribution in [0.25, 0.3) is 0 Å². The smallest absolute Gasteiger partial charge is 0.294 e. The number of hydrogen-bond donors (Lipinski definition) is 4. The Labute approximate surface area is 232 Å². The predicted molar refractivity (Wildman–Crippen MR) is 150 cm³/mol. The summed E-state index contributed by atoms with van der Waals surface area (Å²) in [5.74, 6) is 0.200. The number of carbonyl (C=O) groups is 1. The number of hydrogen-bond acceptors (Lipinski definition) is 8. The van der Waals surface area contributed by atoms with Gasteiger partial charge in [-0.3, -0.25) is 18.8 Å². The van der Waals surface area contributed by atoms with Crippen molar-refractivity contribution in [3.63, 3.8) is 0 Å². The summed E-state index contributed by atoms with van der Waals surface area (Å²) < 4.78 is 64.4. The van der Waals surface area contributed by atoms with E-state index in [9.17, 15) is 21.6 Å². The first-order chi connectivity index (χ1) is 18.1. The Balaban J connectivity index is 0.000000304. The van der Waals surface area contributed by atoms with E-state index in [1.54, 1.807) is 24.3 Å². The fraction of sp³-hybridized carbons (Fsp3) is 0.500. The number of rotatable bonds is 8. The van der Waals surface area contributed by atoms with Crippen LogP contribution < -0.4 is 11.1 Å². The van der Waals surface area contributed by atoms with Crippen LogP contribution in [0.2, 0.25) is 0 Å². The fourth-order valence-corrected chi connectivity index (χ4v) is 4.17. The van der Waals surface area contributed by atoms with Gasteiger partial charge in [0.05, 0.1) is 29.0 Å². The van der Waals surface area contributed by atoms with Gasteiger partial charge in [-0.1, -0.05) is 55.7 Å². The van der Waals surface area contributed by atoms with Gasteiger partial charge in [-0.2, -0.15) is 16.8 Å². The largest absolute Gasteiger partial charge is 0.379 e. The van der Waals surface area contributed by atoms with Crippen LogP contribution in [0.15, 0.2) is 58.3 Å². The van der Waals surface area contributed by atoms with Crippen LogP contribution in [-0.4, -0.2) is 82.2 Å². The summed E-state index contributed by atoms with van der Waals surface area (Å²) in [6.07, 6.45) is 0.929. The van der Waals surface area contributed by atoms with Gasteiger partial charge in [-0.15, -0.1) is 0 Å². The minimum atomic E-state index is -4.02. The number of ether oxygens (including phenoxy) is 1. The van der Waals surface area contributed by atoms with Gasteiger partial charge >= 0.3 is 0 Å². The van der Waals surface area contributed by atoms with Gasteiger partial charge in [0.25, 0.3) is 20.2 Å². The lowest BCUT2D eigenvalue weighted by atomic mass is 9.99. The molecular weight excluding hydrogens is 546 g/mol. The number of nitrogens with one attached hydrogen (secondary N) is 1. The molecule has 0 aliphatic carbocycles. The maximum absolute atomic E-state index is 11.7. The van der Waals surface area contributed by atoms with Crippen molar-refractivity contribution in [3.05, 3.63) is 59.7 Å². The number of morpholine rings is 1. The molecule has 1 heterocycles. The summed E-state index contributed by atoms with van der Waals surface area (Å²) in [5.41, 5.74) is 7.76. The van der Waals surface area contributed by atoms with E-state index in [1.165, 1.54) is 24.3 Å². The van der Waals surface area contributed by atoms with E-state index in [0.29, 0.717) is 6.54 Å². The fourth-order valence-electron chi connectivity index (χ4n) is 3.21. The second kappa shape index (κ2) is 16.7. The molecule has 0 spiro atoms. The molecule has 2 unspecified atom stereocenters. The molecule has 1 fully saturated rings. The summed E-state index contributed by atoms with van der Waals surface area (Å²) >= 11 is 0. The summed E-state index contributed by atoms with van der Waals surface area (Å²) in [5, 5.41) is 2.90. The van der Waals surface area contributed by atoms with E-state index >= 15 is 0 Å². The first-order valence-corrected chi connectivity index (χ1v) is 15.4. The standard InChI is InChI=1S/C12H25N3O2.2C7H8O3S/c1-3-10(2)11(13)12(16)14-4-5-15-6-8-17-9-7-15;2*1-6-2-4-7(5-3-6)11(8,9)10/h10-11H,3-9,13H2,1-2H3,(H,14,16);2*2-5H,1H3,(H,8,9,10). The molecule has 2 aromatic carbocycles. The van der Waals surface area contributed by atoms with Crippen molar-refractivity contribution in [2.45, 2.75) is 49.9 Å². The van der Waals surface area contributed by atoms with Crippen molar-refractivity contribution < 1.29 is 35.5 Å². The van der Waals surface area contributed by atoms with Crippen LogP contribution in [-0.2, 0) is 29.8 Å². The van der Waals surface area contributed by atoms with Crippen molar-refractivity contribution in [3.8, 4) is 0 Å². The SMILES string of the molecule is CCC(C)C(N)C(=O)NCCN1CCOCC1.Cc1ccc(S(=O)(=O)O)cc1.Cc1ccc(S(=O)(=O)O)cc1. The Morgan fingerprint density at radius 2 is 1.33 bits per heavy atom. The lowest BCUT2D eigenvalue weighted by molar-refractivity contribution is -0.123. The third kappa shape index (κ3) is 14.0. The van der Waals surface area contributed by atoms with Crippen LogP contribution in [0.5, 0.6) is 0 Å². The number of carbonyl (C=O) groups excluding carboxylic acids is 1. The molecule has 0 radical (unpaired) electrons. The zero-order valence-corrected chi connectivity index (χ0v) is 24.5. The van der Waals surface area contributed by atoms with Crippen molar-refractivity contribution in [2.24, 2.45) is 11.7 Å². The van der Waals surface area contributed by atoms with Gasteiger partial charge in [0, 0.05) is 26.2 Å². The predicted octanol–water partition coefficient (Wildman–Crippen LogP) is 2.29. The zero-order valence-electron chi connectivity index (χ0n) is 22.9. The monoisotopic (exact) mass is 587 g/mol. The molecule has 1 saturated heterocycles. The third-order valence-electron chi connectivity index (χ3n) is 6.03. The molecule has 0 saturated carbocycles. The number of nitrogens with two attached hydrogens (primary N) is 1. The highest BCUT2D eigenvalue weighted by Crippen LogP contribution is 2.09. The van der Waals surface area contributed by atoms with Gasteiger partial charge in [0.2, 0.25) is 5.91 Å². The molecule has 1 amide bonds. The van der Waals surface area contributed by atoms with Gasteiger partial charge in [0.1, 0.15) is 0 Å². The number of benzene rings is 2. The average Bonchev–Trinajstić information content (AvgIpc) is 2.88. The first-order valence-electron chi connectivity index (χ1n) is 12.6. The molecule has 2 atom stereocenters. The molecule has 1 aliphatic rings. The van der Waals surface area contributed by atoms with Gasteiger partial charge in [0.15, 0.2) is 0 Å². The van der Waals surface area contributed by atoms with Crippen molar-refractivity contribution in [1.29, 1.82) is 0 Å². The number of amides is 1. The molecule has 39 heavy (non-hydrogen) atoms. The van der Waals surface area contributed by atoms with Gasteiger partial charge in [-0.05, 0) is 44.0 Å². The molecule has 2 aromatic rings. The maximum atomic E-state index is 11.7. The van der Waals surface area contributed by atoms with Crippen LogP contribution >= 0.6 is 0 Å². The van der Waals surface area contributed by atoms with Gasteiger partial charge < -0.3 is 15.8 Å². The average molecular weight is 588 g/mol. The first kappa shape index (κ1) is 34.6. The summed E-state index contributed by atoms with van der Waals surface area (Å²) in [4.78, 5) is 13.9. The highest BCUT2D eigenvalue weighted by molar-refractivity contribution is 7.86. The highest BCUT2D eigenvalue weighted by atomic mass is 32.2. The van der Waals surface area contributed by atoms with Gasteiger partial charge in [-0.25, -0.2) is 0 Å². The minimum Gasteiger partial charge on any atom is -0.379 e. The molecule has 3 rings (SSSR count). The summed E-state index contributed by atoms with van der Waals surface area (Å²) in [7, 11) is -8.04. The van der Waals surface area contributed by atoms with Crippen molar-refractivity contribution >= 4 is 26.1 Å². The Morgan fingerprint density at radius 1 is 0.923 bits per heavy atom. The van der Waals surface area contributed by atoms with E-state index in [0.717, 1.165) is 50.4 Å². The molecule has 0 aromatic heterocycles. The topological polar surface area (TPSA) is 176 Å². The molecule has 13 heteroatoms. The molecular formula is C26H41N3O8S2. The van der Waals surface area contributed by atoms with E-state index in [1.807, 2.05) is 27.7 Å². The Morgan fingerprint density at radius 3 is 1.69 bits per heavy atom. The maximum Gasteiger partial charge on any atom is 0.294 e. The van der Waals surface area contributed by atoms with E-state index < -0.39 is 20.2 Å². The summed E-state index contributed by atoms with van der Waals surface area (Å²) in [6.45, 7) is 12.8. The van der Waals surface area contributed by atoms with Crippen molar-refractivity contribution in [1.82, 2.24) is 10.2 Å². The highest BCUT2D eigenvalue weighted by Gasteiger charge is 2.19. The Bertz CT molecular complexity index is 1140. The van der Waals surface area contributed by atoms with Crippen LogP contribution in [0, 0.1) is 19.8 Å². The number of nitrogens with zero attached hydrogens (tertiary/aromatic N) is 1. The summed E-state index contributed by atoms with van der Waals surface area (Å²) in [6, 6.07) is 11.6. The quantitative estimate of drug-likeness (QED) is 0.335. The van der Waals surface area contributed by atoms with Crippen LogP contribution in [0.3, 0.4) is 0 Å². The second-order valence-electron chi connectivity index (χ2n) is 9.23. The van der Waals surface area contributed by atoms with Crippen LogP contribution in [0.4, 0.5) is 0 Å². The Kier molecular flexibility index (Phi) is 14.8. The minimum absolute atomic E-state index is 0.0346. The van der Waals surface area contributed by atoms with Crippen LogP contribution in [0.1, 0.15) is 31.4 Å². The third-order valence-corrected chi connectivity index (χ3v) is 7.76. The molecule has 11 nitrogen and oxygen atoms in total. The zero-order chi connectivity index (χ0) is 29.6. The van der Waals surface area contributed by atoms with E-state index in [4.69, 9.17) is 19.6 Å². The molecule has 0 bridgehead atoms. The Hall–Kier alpha value is -2.39. The molecule has 5 N–H and O–H groups in total. The van der Waals surface area contributed by atoms with E-state index in [-0.39, 0.29) is 27.7 Å². The number of aryl methyl sites for hydroxylation is 2. The normalized spacial score (nSPS) is 15.6.